The van der Waals surface area contributed by atoms with Crippen molar-refractivity contribution in [3.8, 4) is 0 Å². The Hall–Kier alpha value is -3.29. The van der Waals surface area contributed by atoms with Gasteiger partial charge in [-0.3, -0.25) is 13.8 Å². The van der Waals surface area contributed by atoms with Gasteiger partial charge >= 0.3 is 17.6 Å². The van der Waals surface area contributed by atoms with E-state index in [0.29, 0.717) is 12.0 Å². The van der Waals surface area contributed by atoms with Gasteiger partial charge in [-0.2, -0.15) is 13.4 Å². The van der Waals surface area contributed by atoms with Crippen molar-refractivity contribution in [2.75, 3.05) is 11.9 Å². The lowest BCUT2D eigenvalue weighted by Crippen LogP contribution is -2.43. The molecule has 0 saturated carbocycles. The summed E-state index contributed by atoms with van der Waals surface area (Å²) in [7, 11) is -4.33. The number of ether oxygens (including phenoxy) is 3. The van der Waals surface area contributed by atoms with Crippen LogP contribution in [0.5, 0.6) is 0 Å². The molecule has 1 aliphatic heterocycles. The molecule has 1 aromatic carbocycles. The Morgan fingerprint density at radius 3 is 2.43 bits per heavy atom. The molecule has 2 N–H and O–H groups in total. The lowest BCUT2D eigenvalue weighted by atomic mass is 10.1. The molecule has 0 spiro atoms. The molecule has 3 rings (SSSR count). The minimum absolute atomic E-state index is 0.114. The van der Waals surface area contributed by atoms with Crippen LogP contribution in [0.3, 0.4) is 0 Å². The maximum absolute atomic E-state index is 13.0. The number of hydrogen-bond acceptors (Lipinski definition) is 11. The van der Waals surface area contributed by atoms with Gasteiger partial charge in [-0.05, 0) is 25.5 Å². The molecule has 1 aliphatic rings. The highest BCUT2D eigenvalue weighted by Gasteiger charge is 2.51. The van der Waals surface area contributed by atoms with Crippen LogP contribution < -0.4 is 11.0 Å². The maximum atomic E-state index is 13.0. The molecule has 0 aliphatic carbocycles. The number of benzene rings is 1. The van der Waals surface area contributed by atoms with Crippen LogP contribution in [-0.2, 0) is 44.5 Å². The molecule has 0 radical (unpaired) electrons. The summed E-state index contributed by atoms with van der Waals surface area (Å²) in [6.45, 7) is 5.59. The highest BCUT2D eigenvalue weighted by atomic mass is 32.2. The number of carbonyl (C=O) groups is 2. The first kappa shape index (κ1) is 26.3. The van der Waals surface area contributed by atoms with E-state index >= 15 is 0 Å². The fourth-order valence-electron chi connectivity index (χ4n) is 3.47. The van der Waals surface area contributed by atoms with E-state index in [1.54, 1.807) is 19.1 Å². The number of hydrogen-bond donors (Lipinski definition) is 2. The van der Waals surface area contributed by atoms with Crippen LogP contribution in [0, 0.1) is 6.92 Å². The first-order chi connectivity index (χ1) is 16.5. The maximum Gasteiger partial charge on any atom is 0.346 e. The summed E-state index contributed by atoms with van der Waals surface area (Å²) in [4.78, 5) is 41.3. The van der Waals surface area contributed by atoms with Crippen LogP contribution in [0.4, 0.5) is 5.82 Å². The molecule has 2 aromatic rings. The van der Waals surface area contributed by atoms with Crippen molar-refractivity contribution < 1.29 is 36.4 Å². The fraction of sp³-hybridized carbons (Fsp3) is 0.455. The van der Waals surface area contributed by atoms with E-state index in [4.69, 9.17) is 18.4 Å². The Labute approximate surface area is 202 Å². The number of H-pyrrole nitrogens is 1. The van der Waals surface area contributed by atoms with Crippen molar-refractivity contribution in [1.82, 2.24) is 9.97 Å². The van der Waals surface area contributed by atoms with Crippen molar-refractivity contribution in [1.29, 1.82) is 0 Å². The number of anilines is 1. The third kappa shape index (κ3) is 6.65. The summed E-state index contributed by atoms with van der Waals surface area (Å²) in [5.41, 5.74) is 0.848. The van der Waals surface area contributed by atoms with Crippen LogP contribution in [-0.4, -0.2) is 61.5 Å². The zero-order valence-electron chi connectivity index (χ0n) is 19.6. The monoisotopic (exact) mass is 509 g/mol. The summed E-state index contributed by atoms with van der Waals surface area (Å²) in [6.07, 6.45) is -3.01. The predicted molar refractivity (Wildman–Crippen MR) is 122 cm³/mol. The molecule has 2 heterocycles. The van der Waals surface area contributed by atoms with Crippen LogP contribution in [0.25, 0.3) is 0 Å². The number of aromatic nitrogens is 2. The molecule has 1 aromatic heterocycles. The Balaban J connectivity index is 1.97. The minimum Gasteiger partial charge on any atom is -0.463 e. The van der Waals surface area contributed by atoms with Gasteiger partial charge in [-0.15, -0.1) is 0 Å². The normalized spacial score (nSPS) is 21.9. The summed E-state index contributed by atoms with van der Waals surface area (Å²) < 4.78 is 47.8. The summed E-state index contributed by atoms with van der Waals surface area (Å²) in [6, 6.07) is 5.98. The van der Waals surface area contributed by atoms with Gasteiger partial charge < -0.3 is 24.5 Å². The van der Waals surface area contributed by atoms with Gasteiger partial charge in [-0.1, -0.05) is 24.6 Å². The zero-order chi connectivity index (χ0) is 25.8. The fourth-order valence-corrected chi connectivity index (χ4v) is 4.58. The first-order valence-corrected chi connectivity index (χ1v) is 12.2. The Morgan fingerprint density at radius 1 is 1.14 bits per heavy atom. The van der Waals surface area contributed by atoms with Gasteiger partial charge in [0.05, 0.1) is 4.90 Å². The summed E-state index contributed by atoms with van der Waals surface area (Å²) in [5, 5.41) is 2.89. The summed E-state index contributed by atoms with van der Waals surface area (Å²) in [5.74, 6) is -1.19. The lowest BCUT2D eigenvalue weighted by molar-refractivity contribution is -0.151. The Bertz CT molecular complexity index is 1230. The standard InChI is InChI=1S/C22H27N3O9S/c1-5-15-10-23-22(28)25-20(15)24-21-19(32-14(4)27)18(17(33-21)11-31-13(3)26)34-35(29,30)16-8-6-12(2)7-9-16/h6-10,17-19,21H,5,11H2,1-4H3,(H2,23,24,25,28)/t17-,18+,19-,21-/m1/s1. The molecule has 0 amide bonds. The molecule has 0 bridgehead atoms. The van der Waals surface area contributed by atoms with Crippen molar-refractivity contribution in [3.63, 3.8) is 0 Å². The van der Waals surface area contributed by atoms with E-state index in [1.165, 1.54) is 25.3 Å². The van der Waals surface area contributed by atoms with E-state index in [-0.39, 0.29) is 17.3 Å². The number of aromatic amines is 1. The van der Waals surface area contributed by atoms with E-state index < -0.39 is 52.3 Å². The van der Waals surface area contributed by atoms with Gasteiger partial charge in [0.2, 0.25) is 0 Å². The second-order valence-electron chi connectivity index (χ2n) is 7.88. The largest absolute Gasteiger partial charge is 0.463 e. The van der Waals surface area contributed by atoms with E-state index in [0.717, 1.165) is 12.5 Å². The highest BCUT2D eigenvalue weighted by molar-refractivity contribution is 7.86. The summed E-state index contributed by atoms with van der Waals surface area (Å²) >= 11 is 0. The predicted octanol–water partition coefficient (Wildman–Crippen LogP) is 1.05. The molecular formula is C22H27N3O9S. The van der Waals surface area contributed by atoms with Crippen LogP contribution in [0.1, 0.15) is 31.9 Å². The minimum atomic E-state index is -4.33. The van der Waals surface area contributed by atoms with Crippen molar-refractivity contribution in [2.45, 2.75) is 63.6 Å². The molecular weight excluding hydrogens is 482 g/mol. The topological polar surface area (TPSA) is 163 Å². The zero-order valence-corrected chi connectivity index (χ0v) is 20.5. The Kier molecular flexibility index (Phi) is 8.25. The number of nitrogens with zero attached hydrogens (tertiary/aromatic N) is 1. The van der Waals surface area contributed by atoms with Crippen molar-refractivity contribution in [3.05, 3.63) is 52.1 Å². The third-order valence-electron chi connectivity index (χ3n) is 5.16. The van der Waals surface area contributed by atoms with E-state index in [1.807, 2.05) is 6.92 Å². The molecule has 1 fully saturated rings. The van der Waals surface area contributed by atoms with Crippen molar-refractivity contribution in [2.24, 2.45) is 0 Å². The lowest BCUT2D eigenvalue weighted by Gasteiger charge is -2.24. The van der Waals surface area contributed by atoms with Crippen LogP contribution in [0.2, 0.25) is 0 Å². The molecule has 4 atom stereocenters. The number of carbonyl (C=O) groups excluding carboxylic acids is 2. The molecule has 190 valence electrons. The van der Waals surface area contributed by atoms with E-state index in [9.17, 15) is 22.8 Å². The van der Waals surface area contributed by atoms with Gasteiger partial charge in [-0.25, -0.2) is 4.79 Å². The number of esters is 2. The molecule has 12 nitrogen and oxygen atoms in total. The molecule has 13 heteroatoms. The van der Waals surface area contributed by atoms with E-state index in [2.05, 4.69) is 15.3 Å². The average Bonchev–Trinajstić information content (AvgIpc) is 3.07. The Morgan fingerprint density at radius 2 is 1.83 bits per heavy atom. The second kappa shape index (κ2) is 11.0. The first-order valence-electron chi connectivity index (χ1n) is 10.8. The molecule has 0 unspecified atom stereocenters. The van der Waals surface area contributed by atoms with Crippen molar-refractivity contribution >= 4 is 27.9 Å². The SMILES string of the molecule is CCc1c[nH]c(=O)nc1N[C@@H]1O[C@H](COC(C)=O)[C@H](OS(=O)(=O)c2ccc(C)cc2)[C@H]1OC(C)=O. The van der Waals surface area contributed by atoms with Gasteiger partial charge in [0.15, 0.2) is 12.3 Å². The average molecular weight is 510 g/mol. The molecule has 1 saturated heterocycles. The highest BCUT2D eigenvalue weighted by Crippen LogP contribution is 2.31. The van der Waals surface area contributed by atoms with Gasteiger partial charge in [0.25, 0.3) is 10.1 Å². The number of aryl methyl sites for hydroxylation is 2. The smallest absolute Gasteiger partial charge is 0.346 e. The van der Waals surface area contributed by atoms with Crippen LogP contribution in [0.15, 0.2) is 40.2 Å². The van der Waals surface area contributed by atoms with Gasteiger partial charge in [0.1, 0.15) is 24.6 Å². The van der Waals surface area contributed by atoms with Crippen LogP contribution >= 0.6 is 0 Å². The molecule has 35 heavy (non-hydrogen) atoms. The number of nitrogens with one attached hydrogen (secondary N) is 2. The second-order valence-corrected chi connectivity index (χ2v) is 9.45. The third-order valence-corrected chi connectivity index (χ3v) is 6.48. The number of rotatable bonds is 9. The van der Waals surface area contributed by atoms with Gasteiger partial charge in [0, 0.05) is 25.6 Å². The quantitative estimate of drug-likeness (QED) is 0.367.